The molecule has 0 saturated carbocycles. The first-order chi connectivity index (χ1) is 19.7. The number of fused-ring (bicyclic) bond motifs is 2. The molecule has 0 atom stereocenters. The second-order valence-electron chi connectivity index (χ2n) is 12.5. The normalized spacial score (nSPS) is 21.0. The number of nitrogens with zero attached hydrogens (tertiary/aromatic N) is 2. The molecule has 2 aromatic carbocycles. The van der Waals surface area contributed by atoms with E-state index in [1.165, 1.54) is 45.1 Å². The van der Waals surface area contributed by atoms with Gasteiger partial charge in [0, 0.05) is 52.5 Å². The van der Waals surface area contributed by atoms with E-state index < -0.39 is 0 Å². The number of hydrogen-bond donors (Lipinski definition) is 2. The lowest BCUT2D eigenvalue weighted by molar-refractivity contribution is -0.437. The summed E-state index contributed by atoms with van der Waals surface area (Å²) in [6.45, 7) is 12.5. The zero-order valence-electron chi connectivity index (χ0n) is 25.6. The van der Waals surface area contributed by atoms with Crippen LogP contribution in [-0.4, -0.2) is 36.5 Å². The van der Waals surface area contributed by atoms with Crippen molar-refractivity contribution in [3.05, 3.63) is 106 Å². The number of anilines is 1. The number of halogens is 2. The summed E-state index contributed by atoms with van der Waals surface area (Å²) in [5.41, 5.74) is 22.0. The molecule has 2 aromatic rings. The molecule has 5 rings (SSSR count). The van der Waals surface area contributed by atoms with E-state index in [4.69, 9.17) is 23.1 Å². The zero-order chi connectivity index (χ0) is 29.2. The predicted molar refractivity (Wildman–Crippen MR) is 175 cm³/mol. The van der Waals surface area contributed by atoms with Gasteiger partial charge in [0.25, 0.3) is 0 Å². The third-order valence-electron chi connectivity index (χ3n) is 9.11. The van der Waals surface area contributed by atoms with Gasteiger partial charge in [0.2, 0.25) is 5.69 Å². The maximum atomic E-state index is 7.14. The Balaban J connectivity index is 0.00000405. The second kappa shape index (κ2) is 13.5. The van der Waals surface area contributed by atoms with Crippen molar-refractivity contribution in [2.24, 2.45) is 11.5 Å². The molecule has 0 aromatic heterocycles. The molecule has 0 spiro atoms. The van der Waals surface area contributed by atoms with Crippen molar-refractivity contribution in [1.82, 2.24) is 0 Å². The summed E-state index contributed by atoms with van der Waals surface area (Å²) in [7, 11) is 0. The largest absolute Gasteiger partial charge is 1.00 e. The van der Waals surface area contributed by atoms with Gasteiger partial charge in [0.05, 0.1) is 5.41 Å². The molecule has 42 heavy (non-hydrogen) atoms. The smallest absolute Gasteiger partial charge is 0.209 e. The summed E-state index contributed by atoms with van der Waals surface area (Å²) in [5, 5.41) is 0.897. The first kappa shape index (κ1) is 32.5. The van der Waals surface area contributed by atoms with E-state index in [0.717, 1.165) is 50.2 Å². The molecule has 4 nitrogen and oxygen atoms in total. The molecule has 0 fully saturated rings. The van der Waals surface area contributed by atoms with E-state index in [0.29, 0.717) is 13.1 Å². The number of para-hydroxylation sites is 2. The third kappa shape index (κ3) is 5.99. The van der Waals surface area contributed by atoms with Crippen molar-refractivity contribution in [1.29, 1.82) is 0 Å². The fraction of sp³-hybridized carbons (Fsp3) is 0.417. The van der Waals surface area contributed by atoms with Crippen molar-refractivity contribution in [2.75, 3.05) is 31.1 Å². The van der Waals surface area contributed by atoms with Crippen LogP contribution in [0.25, 0.3) is 0 Å². The van der Waals surface area contributed by atoms with Crippen LogP contribution in [-0.2, 0) is 10.8 Å². The molecule has 6 heteroatoms. The SMILES string of the molecule is CC1(C)C(/C=C/C2=C(Cl)C(=C/C=C3/N(CCCN)c4ccccc4C3(C)C)/CCC2)=[N+](CCCN)c2ccccc21.[Br-]. The Hall–Kier alpha value is -2.44. The molecule has 0 amide bonds. The summed E-state index contributed by atoms with van der Waals surface area (Å²) >= 11 is 7.14. The van der Waals surface area contributed by atoms with Gasteiger partial charge in [-0.25, -0.2) is 0 Å². The number of rotatable bonds is 9. The summed E-state index contributed by atoms with van der Waals surface area (Å²) in [5.74, 6) is 0. The highest BCUT2D eigenvalue weighted by atomic mass is 79.9. The second-order valence-corrected chi connectivity index (χ2v) is 12.9. The highest BCUT2D eigenvalue weighted by Crippen LogP contribution is 2.48. The van der Waals surface area contributed by atoms with Crippen LogP contribution in [0.4, 0.5) is 11.4 Å². The molecule has 4 N–H and O–H groups in total. The van der Waals surface area contributed by atoms with Gasteiger partial charge >= 0.3 is 0 Å². The first-order valence-electron chi connectivity index (χ1n) is 15.2. The quantitative estimate of drug-likeness (QED) is 0.391. The molecule has 0 saturated heterocycles. The minimum atomic E-state index is -0.0808. The number of hydrogen-bond acceptors (Lipinski definition) is 3. The van der Waals surface area contributed by atoms with E-state index in [1.807, 2.05) is 0 Å². The fourth-order valence-corrected chi connectivity index (χ4v) is 7.14. The molecule has 0 unspecified atom stereocenters. The van der Waals surface area contributed by atoms with Crippen molar-refractivity contribution in [3.63, 3.8) is 0 Å². The van der Waals surface area contributed by atoms with Gasteiger partial charge in [-0.3, -0.25) is 0 Å². The Morgan fingerprint density at radius 3 is 2.29 bits per heavy atom. The van der Waals surface area contributed by atoms with E-state index in [2.05, 4.69) is 110 Å². The van der Waals surface area contributed by atoms with Gasteiger partial charge in [-0.2, -0.15) is 4.58 Å². The van der Waals surface area contributed by atoms with Crippen LogP contribution in [0.5, 0.6) is 0 Å². The van der Waals surface area contributed by atoms with Gasteiger partial charge < -0.3 is 33.3 Å². The van der Waals surface area contributed by atoms with E-state index in [1.54, 1.807) is 0 Å². The summed E-state index contributed by atoms with van der Waals surface area (Å²) in [6, 6.07) is 17.5. The predicted octanol–water partition coefficient (Wildman–Crippen LogP) is 4.61. The number of benzene rings is 2. The van der Waals surface area contributed by atoms with Crippen LogP contribution < -0.4 is 33.3 Å². The average molecular weight is 650 g/mol. The highest BCUT2D eigenvalue weighted by molar-refractivity contribution is 6.32. The van der Waals surface area contributed by atoms with Crippen molar-refractivity contribution in [2.45, 2.75) is 70.6 Å². The average Bonchev–Trinajstić information content (AvgIpc) is 3.32. The maximum Gasteiger partial charge on any atom is 0.209 e. The fourth-order valence-electron chi connectivity index (χ4n) is 6.83. The van der Waals surface area contributed by atoms with Crippen LogP contribution in [0.1, 0.15) is 70.9 Å². The van der Waals surface area contributed by atoms with Crippen molar-refractivity contribution in [3.8, 4) is 0 Å². The van der Waals surface area contributed by atoms with Crippen LogP contribution in [0.2, 0.25) is 0 Å². The van der Waals surface area contributed by atoms with Crippen LogP contribution in [0.3, 0.4) is 0 Å². The maximum absolute atomic E-state index is 7.14. The summed E-state index contributed by atoms with van der Waals surface area (Å²) in [4.78, 5) is 2.45. The summed E-state index contributed by atoms with van der Waals surface area (Å²) < 4.78 is 2.45. The lowest BCUT2D eigenvalue weighted by Crippen LogP contribution is -3.00. The van der Waals surface area contributed by atoms with Crippen LogP contribution >= 0.6 is 11.6 Å². The molecule has 0 bridgehead atoms. The monoisotopic (exact) mass is 648 g/mol. The molecule has 2 aliphatic heterocycles. The topological polar surface area (TPSA) is 58.3 Å². The first-order valence-corrected chi connectivity index (χ1v) is 15.6. The van der Waals surface area contributed by atoms with Crippen LogP contribution in [0, 0.1) is 0 Å². The lowest BCUT2D eigenvalue weighted by atomic mass is 9.81. The minimum Gasteiger partial charge on any atom is -1.00 e. The minimum absolute atomic E-state index is 0. The van der Waals surface area contributed by atoms with Gasteiger partial charge in [-0.05, 0) is 81.5 Å². The Labute approximate surface area is 268 Å². The standard InChI is InChI=1S/C36H46ClN4.BrH/c1-35(2)28-14-5-7-16-30(28)40(24-10-22-38)32(35)20-18-26-12-9-13-27(34(26)37)19-21-33-36(3,4)29-15-6-8-17-31(29)41(33)25-11-23-39;/h5-8,14-21H,9-13,22-25,38-39H2,1-4H3;1H/q+1;/p-1. The molecule has 3 aliphatic rings. The molecule has 0 radical (unpaired) electrons. The Kier molecular flexibility index (Phi) is 10.4. The third-order valence-corrected chi connectivity index (χ3v) is 9.60. The van der Waals surface area contributed by atoms with E-state index >= 15 is 0 Å². The van der Waals surface area contributed by atoms with Gasteiger partial charge in [-0.1, -0.05) is 74.0 Å². The molecule has 1 aliphatic carbocycles. The van der Waals surface area contributed by atoms with Gasteiger partial charge in [-0.15, -0.1) is 0 Å². The lowest BCUT2D eigenvalue weighted by Gasteiger charge is -2.27. The molecular formula is C36H46BrClN4. The van der Waals surface area contributed by atoms with E-state index in [9.17, 15) is 0 Å². The van der Waals surface area contributed by atoms with Gasteiger partial charge in [0.15, 0.2) is 12.3 Å². The van der Waals surface area contributed by atoms with Crippen LogP contribution in [0.15, 0.2) is 94.7 Å². The van der Waals surface area contributed by atoms with Crippen molar-refractivity contribution < 1.29 is 21.6 Å². The van der Waals surface area contributed by atoms with Crippen molar-refractivity contribution >= 4 is 28.7 Å². The molecular weight excluding hydrogens is 604 g/mol. The number of allylic oxidation sites excluding steroid dienone is 8. The Bertz CT molecular complexity index is 1460. The summed E-state index contributed by atoms with van der Waals surface area (Å²) in [6.07, 6.45) is 14.1. The zero-order valence-corrected chi connectivity index (χ0v) is 27.9. The highest BCUT2D eigenvalue weighted by Gasteiger charge is 2.44. The molecule has 224 valence electrons. The Morgan fingerprint density at radius 2 is 1.55 bits per heavy atom. The van der Waals surface area contributed by atoms with Gasteiger partial charge in [0.1, 0.15) is 0 Å². The molecule has 2 heterocycles. The Morgan fingerprint density at radius 1 is 0.857 bits per heavy atom. The van der Waals surface area contributed by atoms with E-state index in [-0.39, 0.29) is 27.8 Å². The number of nitrogens with two attached hydrogens (primary N) is 2.